The second kappa shape index (κ2) is 9.04. The Kier molecular flexibility index (Phi) is 6.75. The molecule has 3 rings (SSSR count). The maximum absolute atomic E-state index is 12.7. The van der Waals surface area contributed by atoms with Gasteiger partial charge in [-0.1, -0.05) is 25.7 Å². The van der Waals surface area contributed by atoms with Gasteiger partial charge in [0.2, 0.25) is 5.91 Å². The van der Waals surface area contributed by atoms with Crippen LogP contribution in [0.25, 0.3) is 0 Å². The lowest BCUT2D eigenvalue weighted by Gasteiger charge is -2.34. The summed E-state index contributed by atoms with van der Waals surface area (Å²) in [5.74, 6) is -0.0804. The number of ether oxygens (including phenoxy) is 1. The predicted molar refractivity (Wildman–Crippen MR) is 99.9 cm³/mol. The molecule has 26 heavy (non-hydrogen) atoms. The van der Waals surface area contributed by atoms with E-state index in [0.29, 0.717) is 32.1 Å². The van der Waals surface area contributed by atoms with Crippen LogP contribution in [0.3, 0.4) is 0 Å². The van der Waals surface area contributed by atoms with Crippen molar-refractivity contribution in [3.05, 3.63) is 0 Å². The summed E-state index contributed by atoms with van der Waals surface area (Å²) in [4.78, 5) is 29.0. The number of fused-ring (bicyclic) bond motifs is 2. The van der Waals surface area contributed by atoms with E-state index in [1.165, 1.54) is 25.7 Å². The fourth-order valence-electron chi connectivity index (χ4n) is 4.32. The fraction of sp³-hybridized carbons (Fsp3) is 0.895. The van der Waals surface area contributed by atoms with Crippen molar-refractivity contribution in [3.8, 4) is 0 Å². The number of amides is 3. The van der Waals surface area contributed by atoms with Crippen LogP contribution in [0, 0.1) is 5.92 Å². The lowest BCUT2D eigenvalue weighted by atomic mass is 9.99. The van der Waals surface area contributed by atoms with Crippen molar-refractivity contribution >= 4 is 11.9 Å². The minimum absolute atomic E-state index is 0.0155. The first kappa shape index (κ1) is 19.4. The van der Waals surface area contributed by atoms with Gasteiger partial charge in [0, 0.05) is 32.2 Å². The SMILES string of the molecule is CN(C)CCNC(=O)C1CC2CN(C(=O)NC3CCCCCC3)CC1O2. The number of morpholine rings is 1. The van der Waals surface area contributed by atoms with E-state index in [4.69, 9.17) is 4.74 Å². The van der Waals surface area contributed by atoms with E-state index < -0.39 is 0 Å². The Labute approximate surface area is 156 Å². The van der Waals surface area contributed by atoms with Crippen molar-refractivity contribution in [2.75, 3.05) is 40.3 Å². The van der Waals surface area contributed by atoms with Gasteiger partial charge in [-0.3, -0.25) is 4.79 Å². The molecule has 1 saturated carbocycles. The number of likely N-dealkylation sites (N-methyl/N-ethyl adjacent to an activating group) is 1. The lowest BCUT2D eigenvalue weighted by molar-refractivity contribution is -0.127. The average Bonchev–Trinajstić information content (AvgIpc) is 2.77. The third kappa shape index (κ3) is 5.10. The number of carbonyl (C=O) groups is 2. The Morgan fingerprint density at radius 2 is 1.85 bits per heavy atom. The second-order valence-electron chi connectivity index (χ2n) is 8.28. The first-order valence-corrected chi connectivity index (χ1v) is 10.2. The highest BCUT2D eigenvalue weighted by Gasteiger charge is 2.45. The van der Waals surface area contributed by atoms with E-state index in [1.807, 2.05) is 23.9 Å². The van der Waals surface area contributed by atoms with Crippen LogP contribution in [0.2, 0.25) is 0 Å². The Bertz CT molecular complexity index is 491. The van der Waals surface area contributed by atoms with Crippen molar-refractivity contribution in [1.82, 2.24) is 20.4 Å². The third-order valence-electron chi connectivity index (χ3n) is 5.82. The summed E-state index contributed by atoms with van der Waals surface area (Å²) >= 11 is 0. The van der Waals surface area contributed by atoms with Gasteiger partial charge < -0.3 is 25.2 Å². The third-order valence-corrected chi connectivity index (χ3v) is 5.82. The summed E-state index contributed by atoms with van der Waals surface area (Å²) in [7, 11) is 3.98. The molecular weight excluding hydrogens is 332 g/mol. The van der Waals surface area contributed by atoms with E-state index in [2.05, 4.69) is 10.6 Å². The minimum Gasteiger partial charge on any atom is -0.370 e. The van der Waals surface area contributed by atoms with Gasteiger partial charge in [0.15, 0.2) is 0 Å². The molecule has 0 spiro atoms. The molecule has 2 saturated heterocycles. The van der Waals surface area contributed by atoms with Crippen LogP contribution in [0.15, 0.2) is 0 Å². The Hall–Kier alpha value is -1.34. The van der Waals surface area contributed by atoms with Crippen LogP contribution in [0.5, 0.6) is 0 Å². The number of hydrogen-bond donors (Lipinski definition) is 2. The zero-order valence-electron chi connectivity index (χ0n) is 16.2. The standard InChI is InChI=1S/C19H34N4O3/c1-22(2)10-9-20-18(24)16-11-15-12-23(13-17(16)26-15)19(25)21-14-7-5-3-4-6-8-14/h14-17H,3-13H2,1-2H3,(H,20,24)(H,21,25). The molecule has 3 aliphatic rings. The molecule has 2 bridgehead atoms. The van der Waals surface area contributed by atoms with Gasteiger partial charge in [-0.15, -0.1) is 0 Å². The molecule has 1 aliphatic carbocycles. The summed E-state index contributed by atoms with van der Waals surface area (Å²) < 4.78 is 5.96. The fourth-order valence-corrected chi connectivity index (χ4v) is 4.32. The molecule has 3 unspecified atom stereocenters. The van der Waals surface area contributed by atoms with E-state index in [1.54, 1.807) is 0 Å². The van der Waals surface area contributed by atoms with Crippen LogP contribution < -0.4 is 10.6 Å². The summed E-state index contributed by atoms with van der Waals surface area (Å²) in [5, 5.41) is 6.22. The van der Waals surface area contributed by atoms with Crippen molar-refractivity contribution in [3.63, 3.8) is 0 Å². The molecule has 148 valence electrons. The van der Waals surface area contributed by atoms with Crippen LogP contribution in [-0.2, 0) is 9.53 Å². The van der Waals surface area contributed by atoms with E-state index in [-0.39, 0.29) is 30.1 Å². The zero-order chi connectivity index (χ0) is 18.5. The molecule has 3 amide bonds. The maximum atomic E-state index is 12.7. The van der Waals surface area contributed by atoms with Gasteiger partial charge in [-0.2, -0.15) is 0 Å². The number of likely N-dealkylation sites (tertiary alicyclic amines) is 1. The van der Waals surface area contributed by atoms with Gasteiger partial charge in [-0.05, 0) is 33.4 Å². The molecule has 0 radical (unpaired) electrons. The molecule has 2 heterocycles. The van der Waals surface area contributed by atoms with Crippen molar-refractivity contribution in [1.29, 1.82) is 0 Å². The zero-order valence-corrected chi connectivity index (χ0v) is 16.2. The van der Waals surface area contributed by atoms with E-state index >= 15 is 0 Å². The maximum Gasteiger partial charge on any atom is 0.317 e. The number of urea groups is 1. The molecule has 7 heteroatoms. The van der Waals surface area contributed by atoms with Gasteiger partial charge in [0.1, 0.15) is 0 Å². The van der Waals surface area contributed by atoms with Crippen LogP contribution in [0.1, 0.15) is 44.9 Å². The molecule has 0 aromatic carbocycles. The Morgan fingerprint density at radius 3 is 2.54 bits per heavy atom. The first-order valence-electron chi connectivity index (χ1n) is 10.2. The molecule has 0 aromatic rings. The molecule has 0 aromatic heterocycles. The average molecular weight is 367 g/mol. The molecule has 2 aliphatic heterocycles. The first-order chi connectivity index (χ1) is 12.5. The number of carbonyl (C=O) groups excluding carboxylic acids is 2. The number of nitrogens with zero attached hydrogens (tertiary/aromatic N) is 2. The molecular formula is C19H34N4O3. The van der Waals surface area contributed by atoms with Gasteiger partial charge in [0.25, 0.3) is 0 Å². The Morgan fingerprint density at radius 1 is 1.12 bits per heavy atom. The molecule has 7 nitrogen and oxygen atoms in total. The van der Waals surface area contributed by atoms with Gasteiger partial charge >= 0.3 is 6.03 Å². The van der Waals surface area contributed by atoms with Crippen LogP contribution in [0.4, 0.5) is 4.79 Å². The quantitative estimate of drug-likeness (QED) is 0.717. The van der Waals surface area contributed by atoms with E-state index in [9.17, 15) is 9.59 Å². The topological polar surface area (TPSA) is 73.9 Å². The summed E-state index contributed by atoms with van der Waals surface area (Å²) in [5.41, 5.74) is 0. The normalized spacial score (nSPS) is 29.5. The second-order valence-corrected chi connectivity index (χ2v) is 8.28. The molecule has 2 N–H and O–H groups in total. The van der Waals surface area contributed by atoms with E-state index in [0.717, 1.165) is 19.4 Å². The minimum atomic E-state index is -0.173. The monoisotopic (exact) mass is 366 g/mol. The molecule has 3 atom stereocenters. The van der Waals surface area contributed by atoms with Gasteiger partial charge in [-0.25, -0.2) is 4.79 Å². The summed E-state index contributed by atoms with van der Waals surface area (Å²) in [6.07, 6.45) is 7.65. The largest absolute Gasteiger partial charge is 0.370 e. The van der Waals surface area contributed by atoms with Crippen molar-refractivity contribution in [2.45, 2.75) is 63.2 Å². The number of nitrogens with one attached hydrogen (secondary N) is 2. The number of rotatable bonds is 5. The van der Waals surface area contributed by atoms with Gasteiger partial charge in [0.05, 0.1) is 18.1 Å². The highest BCUT2D eigenvalue weighted by atomic mass is 16.5. The highest BCUT2D eigenvalue weighted by molar-refractivity contribution is 5.80. The van der Waals surface area contributed by atoms with Crippen molar-refractivity contribution < 1.29 is 14.3 Å². The number of hydrogen-bond acceptors (Lipinski definition) is 4. The smallest absolute Gasteiger partial charge is 0.317 e. The lowest BCUT2D eigenvalue weighted by Crippen LogP contribution is -2.53. The predicted octanol–water partition coefficient (Wildman–Crippen LogP) is 1.19. The van der Waals surface area contributed by atoms with Crippen molar-refractivity contribution in [2.24, 2.45) is 5.92 Å². The Balaban J connectivity index is 1.48. The molecule has 3 fully saturated rings. The van der Waals surface area contributed by atoms with Crippen LogP contribution >= 0.6 is 0 Å². The summed E-state index contributed by atoms with van der Waals surface area (Å²) in [6, 6.07) is 0.319. The highest BCUT2D eigenvalue weighted by Crippen LogP contribution is 2.32. The summed E-state index contributed by atoms with van der Waals surface area (Å²) in [6.45, 7) is 2.58. The van der Waals surface area contributed by atoms with Crippen LogP contribution in [-0.4, -0.2) is 80.3 Å².